The highest BCUT2D eigenvalue weighted by Crippen LogP contribution is 2.36. The van der Waals surface area contributed by atoms with E-state index in [0.717, 1.165) is 47.9 Å². The molecule has 0 aromatic heterocycles. The molecule has 0 fully saturated rings. The first kappa shape index (κ1) is 24.8. The molecule has 0 aliphatic rings. The summed E-state index contributed by atoms with van der Waals surface area (Å²) < 4.78 is 6.04. The zero-order chi connectivity index (χ0) is 22.9. The third-order valence-corrected chi connectivity index (χ3v) is 7.32. The van der Waals surface area contributed by atoms with Gasteiger partial charge in [-0.05, 0) is 78.3 Å². The first-order chi connectivity index (χ1) is 15.5. The first-order valence-corrected chi connectivity index (χ1v) is 13.6. The molecule has 3 rings (SSSR count). The van der Waals surface area contributed by atoms with Crippen molar-refractivity contribution < 1.29 is 19.2 Å². The molecule has 0 bridgehead atoms. The van der Waals surface area contributed by atoms with Crippen LogP contribution in [0.15, 0.2) is 66.7 Å². The minimum atomic E-state index is -2.07. The van der Waals surface area contributed by atoms with Crippen molar-refractivity contribution in [3.63, 3.8) is 0 Å². The summed E-state index contributed by atoms with van der Waals surface area (Å²) in [4.78, 5) is 29.4. The number of rotatable bonds is 11. The van der Waals surface area contributed by atoms with Crippen LogP contribution in [-0.4, -0.2) is 14.7 Å². The van der Waals surface area contributed by atoms with Crippen LogP contribution in [0.5, 0.6) is 5.75 Å². The topological polar surface area (TPSA) is 69.9 Å². The van der Waals surface area contributed by atoms with Crippen molar-refractivity contribution in [3.8, 4) is 16.9 Å². The van der Waals surface area contributed by atoms with Crippen LogP contribution >= 0.6 is 16.8 Å². The van der Waals surface area contributed by atoms with Gasteiger partial charge in [-0.1, -0.05) is 63.1 Å². The highest BCUT2D eigenvalue weighted by molar-refractivity contribution is 7.55. The SMILES string of the molecule is CCCCc1ccc(OP(O)c2ccc(-c3ccc(P(O)O)cc3)cc2)c(CCCC)c1. The van der Waals surface area contributed by atoms with Gasteiger partial charge in [0.25, 0.3) is 8.38 Å². The molecule has 4 nitrogen and oxygen atoms in total. The van der Waals surface area contributed by atoms with Crippen molar-refractivity contribution in [2.24, 2.45) is 0 Å². The fourth-order valence-corrected chi connectivity index (χ4v) is 4.83. The van der Waals surface area contributed by atoms with Gasteiger partial charge in [0.05, 0.1) is 0 Å². The second-order valence-corrected chi connectivity index (χ2v) is 10.2. The Morgan fingerprint density at radius 2 is 1.25 bits per heavy atom. The van der Waals surface area contributed by atoms with Crippen LogP contribution in [0.3, 0.4) is 0 Å². The van der Waals surface area contributed by atoms with Crippen LogP contribution in [0.2, 0.25) is 0 Å². The van der Waals surface area contributed by atoms with E-state index in [9.17, 15) is 14.7 Å². The Bertz CT molecular complexity index is 972. The molecule has 0 amide bonds. The van der Waals surface area contributed by atoms with E-state index in [4.69, 9.17) is 4.52 Å². The lowest BCUT2D eigenvalue weighted by Crippen LogP contribution is -2.06. The van der Waals surface area contributed by atoms with Gasteiger partial charge in [0.2, 0.25) is 0 Å². The zero-order valence-corrected chi connectivity index (χ0v) is 20.5. The molecule has 0 spiro atoms. The number of hydrogen-bond acceptors (Lipinski definition) is 4. The Balaban J connectivity index is 1.72. The second kappa shape index (κ2) is 12.4. The van der Waals surface area contributed by atoms with Gasteiger partial charge in [-0.25, -0.2) is 0 Å². The van der Waals surface area contributed by atoms with Crippen molar-refractivity contribution >= 4 is 27.4 Å². The smallest absolute Gasteiger partial charge is 0.262 e. The van der Waals surface area contributed by atoms with E-state index >= 15 is 0 Å². The standard InChI is InChI=1S/C26H32O4P2/c1-3-5-7-20-9-18-26(23(19-20)8-6-4-2)30-32(29)25-16-12-22(13-17-25)21-10-14-24(15-11-21)31(27)28/h9-19,27-29H,3-8H2,1-2H3. The Kier molecular flexibility index (Phi) is 9.66. The third kappa shape index (κ3) is 6.85. The Morgan fingerprint density at radius 1 is 0.688 bits per heavy atom. The van der Waals surface area contributed by atoms with Gasteiger partial charge in [-0.3, -0.25) is 0 Å². The van der Waals surface area contributed by atoms with Crippen LogP contribution in [0, 0.1) is 0 Å². The molecule has 3 aromatic rings. The molecule has 0 heterocycles. The van der Waals surface area contributed by atoms with Crippen molar-refractivity contribution in [2.75, 3.05) is 0 Å². The quantitative estimate of drug-likeness (QED) is 0.302. The van der Waals surface area contributed by atoms with Crippen molar-refractivity contribution in [3.05, 3.63) is 77.9 Å². The molecule has 1 atom stereocenters. The lowest BCUT2D eigenvalue weighted by Gasteiger charge is -2.17. The number of aryl methyl sites for hydroxylation is 2. The maximum Gasteiger partial charge on any atom is 0.262 e. The third-order valence-electron chi connectivity index (χ3n) is 5.45. The Hall–Kier alpha value is -1.80. The van der Waals surface area contributed by atoms with Crippen molar-refractivity contribution in [1.29, 1.82) is 0 Å². The molecule has 1 unspecified atom stereocenters. The number of benzene rings is 3. The van der Waals surface area contributed by atoms with Gasteiger partial charge in [-0.15, -0.1) is 0 Å². The summed E-state index contributed by atoms with van der Waals surface area (Å²) in [5.41, 5.74) is 4.47. The van der Waals surface area contributed by atoms with Crippen LogP contribution in [0.4, 0.5) is 0 Å². The summed E-state index contributed by atoms with van der Waals surface area (Å²) in [6.07, 6.45) is 6.59. The first-order valence-electron chi connectivity index (χ1n) is 11.2. The molecule has 0 saturated heterocycles. The fourth-order valence-electron chi connectivity index (χ4n) is 3.54. The molecule has 170 valence electrons. The minimum absolute atomic E-state index is 0.521. The molecule has 0 aliphatic carbocycles. The summed E-state index contributed by atoms with van der Waals surface area (Å²) in [5, 5.41) is 1.28. The maximum absolute atomic E-state index is 10.8. The van der Waals surface area contributed by atoms with Crippen LogP contribution < -0.4 is 15.1 Å². The second-order valence-electron chi connectivity index (χ2n) is 7.90. The summed E-state index contributed by atoms with van der Waals surface area (Å²) in [6.45, 7) is 4.39. The van der Waals surface area contributed by atoms with E-state index in [1.54, 1.807) is 12.1 Å². The van der Waals surface area contributed by atoms with Crippen molar-refractivity contribution in [2.45, 2.75) is 52.4 Å². The molecular weight excluding hydrogens is 438 g/mol. The van der Waals surface area contributed by atoms with E-state index in [1.165, 1.54) is 24.0 Å². The average Bonchev–Trinajstić information content (AvgIpc) is 2.82. The van der Waals surface area contributed by atoms with E-state index in [0.29, 0.717) is 5.30 Å². The van der Waals surface area contributed by atoms with Gasteiger partial charge in [0, 0.05) is 10.6 Å². The summed E-state index contributed by atoms with van der Waals surface area (Å²) >= 11 is 0. The predicted octanol–water partition coefficient (Wildman–Crippen LogP) is 5.97. The van der Waals surface area contributed by atoms with E-state index in [2.05, 4.69) is 26.0 Å². The van der Waals surface area contributed by atoms with Crippen LogP contribution in [0.25, 0.3) is 11.1 Å². The van der Waals surface area contributed by atoms with Crippen molar-refractivity contribution in [1.82, 2.24) is 0 Å². The van der Waals surface area contributed by atoms with Gasteiger partial charge in [0.15, 0.2) is 8.38 Å². The molecule has 3 N–H and O–H groups in total. The minimum Gasteiger partial charge on any atom is -0.444 e. The largest absolute Gasteiger partial charge is 0.444 e. The summed E-state index contributed by atoms with van der Waals surface area (Å²) in [7, 11) is -3.84. The molecule has 0 radical (unpaired) electrons. The molecule has 6 heteroatoms. The fraction of sp³-hybridized carbons (Fsp3) is 0.308. The zero-order valence-electron chi connectivity index (χ0n) is 18.7. The summed E-state index contributed by atoms with van der Waals surface area (Å²) in [5.74, 6) is 0.775. The van der Waals surface area contributed by atoms with E-state index < -0.39 is 16.8 Å². The van der Waals surface area contributed by atoms with Gasteiger partial charge in [-0.2, -0.15) is 0 Å². The number of hydrogen-bond donors (Lipinski definition) is 3. The highest BCUT2D eigenvalue weighted by atomic mass is 31.2. The molecular formula is C26H32O4P2. The lowest BCUT2D eigenvalue weighted by atomic mass is 10.0. The van der Waals surface area contributed by atoms with Gasteiger partial charge < -0.3 is 19.2 Å². The summed E-state index contributed by atoms with van der Waals surface area (Å²) in [6, 6.07) is 21.2. The average molecular weight is 470 g/mol. The maximum atomic E-state index is 10.8. The van der Waals surface area contributed by atoms with Gasteiger partial charge in [0.1, 0.15) is 5.75 Å². The monoisotopic (exact) mass is 470 g/mol. The Labute approximate surface area is 193 Å². The highest BCUT2D eigenvalue weighted by Gasteiger charge is 2.15. The predicted molar refractivity (Wildman–Crippen MR) is 136 cm³/mol. The molecule has 32 heavy (non-hydrogen) atoms. The van der Waals surface area contributed by atoms with Crippen LogP contribution in [0.1, 0.15) is 50.7 Å². The lowest BCUT2D eigenvalue weighted by molar-refractivity contribution is 0.494. The molecule has 0 aliphatic heterocycles. The van der Waals surface area contributed by atoms with E-state index in [-0.39, 0.29) is 0 Å². The van der Waals surface area contributed by atoms with E-state index in [1.807, 2.05) is 42.5 Å². The molecule has 0 saturated carbocycles. The molecule has 3 aromatic carbocycles. The van der Waals surface area contributed by atoms with Crippen LogP contribution in [-0.2, 0) is 12.8 Å². The Morgan fingerprint density at radius 3 is 1.81 bits per heavy atom. The number of unbranched alkanes of at least 4 members (excludes halogenated alkanes) is 2. The normalized spacial score (nSPS) is 12.2. The van der Waals surface area contributed by atoms with Gasteiger partial charge >= 0.3 is 0 Å².